The predicted molar refractivity (Wildman–Crippen MR) is 89.1 cm³/mol. The smallest absolute Gasteiger partial charge is 0.224 e. The van der Waals surface area contributed by atoms with Gasteiger partial charge in [0.2, 0.25) is 5.78 Å². The van der Waals surface area contributed by atoms with E-state index in [4.69, 9.17) is 0 Å². The molecule has 1 heterocycles. The molecule has 114 valence electrons. The molecule has 0 amide bonds. The molecule has 2 nitrogen and oxygen atoms in total. The molecule has 0 saturated carbocycles. The number of quaternary nitrogens is 1. The van der Waals surface area contributed by atoms with Crippen molar-refractivity contribution in [2.24, 2.45) is 0 Å². The Hall–Kier alpha value is -1.93. The highest BCUT2D eigenvalue weighted by Gasteiger charge is 2.32. The van der Waals surface area contributed by atoms with Crippen molar-refractivity contribution in [1.82, 2.24) is 0 Å². The molecule has 1 atom stereocenters. The van der Waals surface area contributed by atoms with Crippen LogP contribution in [0.2, 0.25) is 0 Å². The van der Waals surface area contributed by atoms with Gasteiger partial charge < -0.3 is 4.90 Å². The molecule has 2 aromatic carbocycles. The first-order chi connectivity index (χ1) is 10.9. The third-order valence-electron chi connectivity index (χ3n) is 4.61. The summed E-state index contributed by atoms with van der Waals surface area (Å²) in [5, 5.41) is 0. The lowest BCUT2D eigenvalue weighted by Gasteiger charge is -2.27. The van der Waals surface area contributed by atoms with Gasteiger partial charge in [0.05, 0.1) is 13.1 Å². The normalized spacial score (nSPS) is 17.6. The molecule has 3 rings (SSSR count). The van der Waals surface area contributed by atoms with E-state index in [9.17, 15) is 4.79 Å². The second-order valence-corrected chi connectivity index (χ2v) is 6.15. The van der Waals surface area contributed by atoms with Crippen LogP contribution in [0, 0.1) is 0 Å². The number of ketones is 1. The van der Waals surface area contributed by atoms with Gasteiger partial charge in [0.15, 0.2) is 6.04 Å². The molecule has 1 saturated heterocycles. The third-order valence-corrected chi connectivity index (χ3v) is 4.61. The van der Waals surface area contributed by atoms with Crippen molar-refractivity contribution in [3.63, 3.8) is 0 Å². The van der Waals surface area contributed by atoms with Crippen molar-refractivity contribution in [1.29, 1.82) is 0 Å². The molecule has 2 heteroatoms. The fraction of sp³-hybridized carbons (Fsp3) is 0.350. The van der Waals surface area contributed by atoms with Crippen molar-refractivity contribution in [2.75, 3.05) is 13.1 Å². The number of nitrogens with one attached hydrogen (secondary N) is 1. The molecule has 2 aromatic rings. The highest BCUT2D eigenvalue weighted by molar-refractivity contribution is 5.99. The van der Waals surface area contributed by atoms with Gasteiger partial charge in [-0.2, -0.15) is 0 Å². The Balaban J connectivity index is 1.94. The number of carbonyl (C=O) groups excluding carboxylic acids is 1. The Morgan fingerprint density at radius 2 is 1.32 bits per heavy atom. The molecule has 1 fully saturated rings. The molecule has 1 aliphatic heterocycles. The summed E-state index contributed by atoms with van der Waals surface area (Å²) in [5.74, 6) is 0.253. The minimum absolute atomic E-state index is 0.0679. The van der Waals surface area contributed by atoms with E-state index in [1.54, 1.807) is 0 Å². The molecule has 0 spiro atoms. The lowest BCUT2D eigenvalue weighted by molar-refractivity contribution is -0.920. The Morgan fingerprint density at radius 1 is 0.773 bits per heavy atom. The van der Waals surface area contributed by atoms with Gasteiger partial charge in [0, 0.05) is 11.1 Å². The number of rotatable bonds is 4. The minimum Gasteiger partial charge on any atom is -0.322 e. The molecule has 22 heavy (non-hydrogen) atoms. The molecule has 1 aliphatic rings. The van der Waals surface area contributed by atoms with Crippen LogP contribution in [-0.4, -0.2) is 18.9 Å². The summed E-state index contributed by atoms with van der Waals surface area (Å²) in [6.45, 7) is 2.19. The third kappa shape index (κ3) is 3.45. The van der Waals surface area contributed by atoms with E-state index in [2.05, 4.69) is 12.1 Å². The number of Topliss-reactive ketones (excluding diaryl/α,β-unsaturated/α-hetero) is 1. The molecule has 0 aliphatic carbocycles. The molecular formula is C20H24NO+. The van der Waals surface area contributed by atoms with E-state index in [0.717, 1.165) is 24.2 Å². The summed E-state index contributed by atoms with van der Waals surface area (Å²) in [5.41, 5.74) is 1.97. The second kappa shape index (κ2) is 7.37. The van der Waals surface area contributed by atoms with E-state index >= 15 is 0 Å². The van der Waals surface area contributed by atoms with Crippen LogP contribution in [0.3, 0.4) is 0 Å². The molecule has 1 N–H and O–H groups in total. The number of hydrogen-bond acceptors (Lipinski definition) is 1. The average molecular weight is 294 g/mol. The van der Waals surface area contributed by atoms with Crippen LogP contribution in [0.1, 0.15) is 47.6 Å². The number of hydrogen-bond donors (Lipinski definition) is 1. The van der Waals surface area contributed by atoms with Crippen molar-refractivity contribution < 1.29 is 9.69 Å². The highest BCUT2D eigenvalue weighted by Crippen LogP contribution is 2.17. The summed E-state index contributed by atoms with van der Waals surface area (Å²) >= 11 is 0. The number of likely N-dealkylation sites (tertiary alicyclic amines) is 1. The van der Waals surface area contributed by atoms with Crippen LogP contribution in [-0.2, 0) is 0 Å². The molecule has 0 aromatic heterocycles. The fourth-order valence-corrected chi connectivity index (χ4v) is 3.46. The molecular weight excluding hydrogens is 270 g/mol. The minimum atomic E-state index is -0.0679. The number of carbonyl (C=O) groups is 1. The van der Waals surface area contributed by atoms with E-state index < -0.39 is 0 Å². The summed E-state index contributed by atoms with van der Waals surface area (Å²) in [4.78, 5) is 14.6. The summed E-state index contributed by atoms with van der Waals surface area (Å²) in [6.07, 6.45) is 5.04. The zero-order valence-corrected chi connectivity index (χ0v) is 13.0. The van der Waals surface area contributed by atoms with Gasteiger partial charge in [-0.15, -0.1) is 0 Å². The van der Waals surface area contributed by atoms with Crippen LogP contribution in [0.4, 0.5) is 0 Å². The zero-order valence-electron chi connectivity index (χ0n) is 13.0. The Bertz CT molecular complexity index is 586. The van der Waals surface area contributed by atoms with E-state index in [1.807, 2.05) is 48.5 Å². The maximum atomic E-state index is 13.1. The first kappa shape index (κ1) is 15.0. The van der Waals surface area contributed by atoms with Gasteiger partial charge in [-0.1, -0.05) is 60.7 Å². The highest BCUT2D eigenvalue weighted by atomic mass is 16.1. The zero-order chi connectivity index (χ0) is 15.2. The van der Waals surface area contributed by atoms with Gasteiger partial charge in [0.25, 0.3) is 0 Å². The maximum Gasteiger partial charge on any atom is 0.224 e. The van der Waals surface area contributed by atoms with Crippen molar-refractivity contribution >= 4 is 5.78 Å². The monoisotopic (exact) mass is 294 g/mol. The van der Waals surface area contributed by atoms with Crippen LogP contribution < -0.4 is 4.90 Å². The summed E-state index contributed by atoms with van der Waals surface area (Å²) < 4.78 is 0. The maximum absolute atomic E-state index is 13.1. The SMILES string of the molecule is O=C(c1ccccc1)[C@@H](c1ccccc1)[NH+]1CCCCCC1. The topological polar surface area (TPSA) is 21.5 Å². The van der Waals surface area contributed by atoms with Crippen molar-refractivity contribution in [3.8, 4) is 0 Å². The predicted octanol–water partition coefficient (Wildman–Crippen LogP) is 3.07. The molecule has 0 radical (unpaired) electrons. The first-order valence-electron chi connectivity index (χ1n) is 8.35. The van der Waals surface area contributed by atoms with E-state index in [-0.39, 0.29) is 11.8 Å². The largest absolute Gasteiger partial charge is 0.322 e. The number of benzene rings is 2. The molecule has 0 unspecified atom stereocenters. The van der Waals surface area contributed by atoms with Gasteiger partial charge in [-0.25, -0.2) is 0 Å². The second-order valence-electron chi connectivity index (χ2n) is 6.15. The fourth-order valence-electron chi connectivity index (χ4n) is 3.46. The van der Waals surface area contributed by atoms with Crippen LogP contribution in [0.15, 0.2) is 60.7 Å². The van der Waals surface area contributed by atoms with Gasteiger partial charge in [-0.3, -0.25) is 4.79 Å². The van der Waals surface area contributed by atoms with Crippen LogP contribution in [0.5, 0.6) is 0 Å². The Labute approximate surface area is 132 Å². The van der Waals surface area contributed by atoms with E-state index in [0.29, 0.717) is 0 Å². The van der Waals surface area contributed by atoms with E-state index in [1.165, 1.54) is 30.6 Å². The average Bonchev–Trinajstić information content (AvgIpc) is 2.86. The molecule has 0 bridgehead atoms. The summed E-state index contributed by atoms with van der Waals surface area (Å²) in [6, 6.07) is 20.0. The van der Waals surface area contributed by atoms with Crippen LogP contribution >= 0.6 is 0 Å². The van der Waals surface area contributed by atoms with Gasteiger partial charge >= 0.3 is 0 Å². The Kier molecular flexibility index (Phi) is 5.02. The standard InChI is InChI=1S/C20H23NO/c22-20(18-13-7-4-8-14-18)19(17-11-5-3-6-12-17)21-15-9-1-2-10-16-21/h3-8,11-14,19H,1-2,9-10,15-16H2/p+1/t19-/m1/s1. The van der Waals surface area contributed by atoms with Crippen molar-refractivity contribution in [2.45, 2.75) is 31.7 Å². The quantitative estimate of drug-likeness (QED) is 0.860. The lowest BCUT2D eigenvalue weighted by Crippen LogP contribution is -3.13. The Morgan fingerprint density at radius 3 is 1.91 bits per heavy atom. The summed E-state index contributed by atoms with van der Waals surface area (Å²) in [7, 11) is 0. The van der Waals surface area contributed by atoms with Crippen LogP contribution in [0.25, 0.3) is 0 Å². The lowest BCUT2D eigenvalue weighted by atomic mass is 9.95. The van der Waals surface area contributed by atoms with Gasteiger partial charge in [0.1, 0.15) is 0 Å². The van der Waals surface area contributed by atoms with Crippen molar-refractivity contribution in [3.05, 3.63) is 71.8 Å². The first-order valence-corrected chi connectivity index (χ1v) is 8.35. The van der Waals surface area contributed by atoms with Gasteiger partial charge in [-0.05, 0) is 25.7 Å².